The molecule has 1 N–H and O–H groups in total. The van der Waals surface area contributed by atoms with E-state index in [4.69, 9.17) is 5.11 Å². The molecule has 0 radical (unpaired) electrons. The topological polar surface area (TPSA) is 42.4 Å². The third-order valence-electron chi connectivity index (χ3n) is 1.86. The first-order valence-corrected chi connectivity index (χ1v) is 4.20. The van der Waals surface area contributed by atoms with Crippen LogP contribution >= 0.6 is 0 Å². The van der Waals surface area contributed by atoms with Crippen molar-refractivity contribution < 1.29 is 18.6 Å². The molecule has 0 saturated carbocycles. The second-order valence-corrected chi connectivity index (χ2v) is 2.90. The van der Waals surface area contributed by atoms with E-state index < -0.39 is 6.61 Å². The largest absolute Gasteiger partial charge is 0.508 e. The van der Waals surface area contributed by atoms with Crippen molar-refractivity contribution in [1.29, 1.82) is 0 Å². The van der Waals surface area contributed by atoms with Gasteiger partial charge in [0.05, 0.1) is 5.52 Å². The second kappa shape index (κ2) is 3.68. The second-order valence-electron chi connectivity index (χ2n) is 2.90. The minimum absolute atomic E-state index is 0.104. The van der Waals surface area contributed by atoms with Crippen molar-refractivity contribution in [1.82, 2.24) is 4.98 Å². The van der Waals surface area contributed by atoms with E-state index in [1.165, 1.54) is 24.3 Å². The van der Waals surface area contributed by atoms with E-state index in [1.807, 2.05) is 0 Å². The number of rotatable bonds is 2. The van der Waals surface area contributed by atoms with E-state index in [0.717, 1.165) is 0 Å². The van der Waals surface area contributed by atoms with Gasteiger partial charge < -0.3 is 9.84 Å². The molecule has 0 unspecified atom stereocenters. The van der Waals surface area contributed by atoms with Crippen molar-refractivity contribution in [2.24, 2.45) is 0 Å². The van der Waals surface area contributed by atoms with Crippen molar-refractivity contribution in [3.63, 3.8) is 0 Å². The fourth-order valence-electron chi connectivity index (χ4n) is 1.25. The maximum absolute atomic E-state index is 11.9. The third kappa shape index (κ3) is 2.12. The number of benzene rings is 1. The van der Waals surface area contributed by atoms with Crippen LogP contribution in [0, 0.1) is 0 Å². The van der Waals surface area contributed by atoms with Crippen molar-refractivity contribution in [3.8, 4) is 11.6 Å². The van der Waals surface area contributed by atoms with E-state index >= 15 is 0 Å². The molecule has 3 nitrogen and oxygen atoms in total. The van der Waals surface area contributed by atoms with Crippen LogP contribution in [0.1, 0.15) is 0 Å². The van der Waals surface area contributed by atoms with Gasteiger partial charge in [-0.1, -0.05) is 0 Å². The molecule has 0 amide bonds. The number of halogens is 2. The Bertz CT molecular complexity index is 488. The van der Waals surface area contributed by atoms with Crippen LogP contribution in [0.5, 0.6) is 11.6 Å². The first-order valence-electron chi connectivity index (χ1n) is 4.20. The van der Waals surface area contributed by atoms with Gasteiger partial charge in [-0.3, -0.25) is 0 Å². The van der Waals surface area contributed by atoms with Gasteiger partial charge in [0.2, 0.25) is 5.88 Å². The summed E-state index contributed by atoms with van der Waals surface area (Å²) in [6.07, 6.45) is 0. The average molecular weight is 211 g/mol. The SMILES string of the molecule is Oc1ccc2nc(OC(F)F)ccc2c1. The standard InChI is InChI=1S/C10H7F2NO2/c11-10(12)15-9-4-1-6-5-7(14)2-3-8(6)13-9/h1-5,10,14H. The van der Waals surface area contributed by atoms with Crippen LogP contribution in [0.25, 0.3) is 10.9 Å². The highest BCUT2D eigenvalue weighted by Gasteiger charge is 2.06. The lowest BCUT2D eigenvalue weighted by Crippen LogP contribution is -2.03. The highest BCUT2D eigenvalue weighted by Crippen LogP contribution is 2.21. The number of nitrogens with zero attached hydrogens (tertiary/aromatic N) is 1. The molecular weight excluding hydrogens is 204 g/mol. The molecule has 2 aromatic rings. The number of fused-ring (bicyclic) bond motifs is 1. The molecule has 0 aliphatic heterocycles. The van der Waals surface area contributed by atoms with Crippen LogP contribution in [-0.4, -0.2) is 16.7 Å². The summed E-state index contributed by atoms with van der Waals surface area (Å²) < 4.78 is 27.9. The van der Waals surface area contributed by atoms with Gasteiger partial charge >= 0.3 is 6.61 Å². The molecule has 0 aliphatic carbocycles. The molecular formula is C10H7F2NO2. The van der Waals surface area contributed by atoms with Crippen LogP contribution in [0.4, 0.5) is 8.78 Å². The summed E-state index contributed by atoms with van der Waals surface area (Å²) in [7, 11) is 0. The number of aromatic hydroxyl groups is 1. The lowest BCUT2D eigenvalue weighted by atomic mass is 10.2. The maximum atomic E-state index is 11.9. The zero-order valence-corrected chi connectivity index (χ0v) is 7.52. The fourth-order valence-corrected chi connectivity index (χ4v) is 1.25. The van der Waals surface area contributed by atoms with Crippen molar-refractivity contribution >= 4 is 10.9 Å². The molecule has 0 aliphatic rings. The molecule has 0 bridgehead atoms. The minimum Gasteiger partial charge on any atom is -0.508 e. The first kappa shape index (κ1) is 9.64. The molecule has 0 saturated heterocycles. The van der Waals surface area contributed by atoms with Gasteiger partial charge in [0.25, 0.3) is 0 Å². The summed E-state index contributed by atoms with van der Waals surface area (Å²) in [6.45, 7) is -2.88. The Morgan fingerprint density at radius 1 is 1.20 bits per heavy atom. The van der Waals surface area contributed by atoms with Gasteiger partial charge in [0, 0.05) is 11.5 Å². The molecule has 0 atom stereocenters. The molecule has 0 spiro atoms. The van der Waals surface area contributed by atoms with Crippen molar-refractivity contribution in [3.05, 3.63) is 30.3 Å². The Hall–Kier alpha value is -1.91. The Morgan fingerprint density at radius 3 is 2.73 bits per heavy atom. The number of alkyl halides is 2. The first-order chi connectivity index (χ1) is 7.15. The molecule has 2 rings (SSSR count). The molecule has 78 valence electrons. The Morgan fingerprint density at radius 2 is 2.00 bits per heavy atom. The molecule has 5 heteroatoms. The Kier molecular flexibility index (Phi) is 2.37. The zero-order chi connectivity index (χ0) is 10.8. The van der Waals surface area contributed by atoms with E-state index in [-0.39, 0.29) is 11.6 Å². The van der Waals surface area contributed by atoms with Gasteiger partial charge in [0.15, 0.2) is 0 Å². The molecule has 1 aromatic carbocycles. The summed E-state index contributed by atoms with van der Waals surface area (Å²) in [5, 5.41) is 9.83. The number of aromatic nitrogens is 1. The van der Waals surface area contributed by atoms with Gasteiger partial charge in [-0.2, -0.15) is 8.78 Å². The van der Waals surface area contributed by atoms with E-state index in [2.05, 4.69) is 9.72 Å². The van der Waals surface area contributed by atoms with Gasteiger partial charge in [-0.05, 0) is 24.3 Å². The summed E-state index contributed by atoms with van der Waals surface area (Å²) in [5.74, 6) is -0.0324. The smallest absolute Gasteiger partial charge is 0.388 e. The number of hydrogen-bond donors (Lipinski definition) is 1. The monoisotopic (exact) mass is 211 g/mol. The lowest BCUT2D eigenvalue weighted by Gasteiger charge is -2.04. The van der Waals surface area contributed by atoms with Gasteiger partial charge in [0.1, 0.15) is 5.75 Å². The van der Waals surface area contributed by atoms with Gasteiger partial charge in [-0.25, -0.2) is 4.98 Å². The normalized spacial score (nSPS) is 10.9. The number of hydrogen-bond acceptors (Lipinski definition) is 3. The van der Waals surface area contributed by atoms with Crippen LogP contribution in [0.3, 0.4) is 0 Å². The Balaban J connectivity index is 2.43. The van der Waals surface area contributed by atoms with E-state index in [9.17, 15) is 8.78 Å². The highest BCUT2D eigenvalue weighted by atomic mass is 19.3. The van der Waals surface area contributed by atoms with Crippen LogP contribution < -0.4 is 4.74 Å². The predicted octanol–water partition coefficient (Wildman–Crippen LogP) is 2.54. The quantitative estimate of drug-likeness (QED) is 0.829. The molecule has 15 heavy (non-hydrogen) atoms. The third-order valence-corrected chi connectivity index (χ3v) is 1.86. The highest BCUT2D eigenvalue weighted by molar-refractivity contribution is 5.80. The minimum atomic E-state index is -2.88. The molecule has 1 heterocycles. The zero-order valence-electron chi connectivity index (χ0n) is 7.52. The summed E-state index contributed by atoms with van der Waals surface area (Å²) in [4.78, 5) is 3.84. The van der Waals surface area contributed by atoms with Crippen molar-refractivity contribution in [2.75, 3.05) is 0 Å². The summed E-state index contributed by atoms with van der Waals surface area (Å²) in [5.41, 5.74) is 0.492. The number of phenolic OH excluding ortho intramolecular Hbond substituents is 1. The molecule has 0 fully saturated rings. The predicted molar refractivity (Wildman–Crippen MR) is 50.0 cm³/mol. The fraction of sp³-hybridized carbons (Fsp3) is 0.100. The average Bonchev–Trinajstić information content (AvgIpc) is 2.17. The lowest BCUT2D eigenvalue weighted by molar-refractivity contribution is -0.0526. The number of phenols is 1. The maximum Gasteiger partial charge on any atom is 0.388 e. The van der Waals surface area contributed by atoms with E-state index in [0.29, 0.717) is 10.9 Å². The summed E-state index contributed by atoms with van der Waals surface area (Å²) in [6, 6.07) is 7.34. The summed E-state index contributed by atoms with van der Waals surface area (Å²) >= 11 is 0. The number of ether oxygens (including phenoxy) is 1. The van der Waals surface area contributed by atoms with Gasteiger partial charge in [-0.15, -0.1) is 0 Å². The van der Waals surface area contributed by atoms with Crippen LogP contribution in [-0.2, 0) is 0 Å². The van der Waals surface area contributed by atoms with Crippen LogP contribution in [0.15, 0.2) is 30.3 Å². The van der Waals surface area contributed by atoms with Crippen molar-refractivity contribution in [2.45, 2.75) is 6.61 Å². The van der Waals surface area contributed by atoms with Crippen LogP contribution in [0.2, 0.25) is 0 Å². The number of pyridine rings is 1. The molecule has 1 aromatic heterocycles. The Labute approximate surface area is 83.9 Å². The van der Waals surface area contributed by atoms with E-state index in [1.54, 1.807) is 6.07 Å².